The van der Waals surface area contributed by atoms with Crippen LogP contribution in [0.2, 0.25) is 5.02 Å². The van der Waals surface area contributed by atoms with Crippen LogP contribution in [-0.2, 0) is 0 Å². The van der Waals surface area contributed by atoms with E-state index in [9.17, 15) is 4.79 Å². The maximum Gasteiger partial charge on any atom is 0.335 e. The van der Waals surface area contributed by atoms with Gasteiger partial charge in [0.2, 0.25) is 5.82 Å². The molecule has 0 spiro atoms. The molecule has 1 aromatic heterocycles. The molecule has 6 heteroatoms. The lowest BCUT2D eigenvalue weighted by atomic mass is 10.1. The van der Waals surface area contributed by atoms with Gasteiger partial charge in [-0.15, -0.1) is 0 Å². The summed E-state index contributed by atoms with van der Waals surface area (Å²) in [6.07, 6.45) is 0. The van der Waals surface area contributed by atoms with Crippen molar-refractivity contribution in [3.8, 4) is 22.8 Å². The predicted octanol–water partition coefficient (Wildman–Crippen LogP) is 3.76. The van der Waals surface area contributed by atoms with Crippen LogP contribution < -0.4 is 0 Å². The molecular weight excluding hydrogens is 292 g/mol. The van der Waals surface area contributed by atoms with E-state index in [2.05, 4.69) is 10.1 Å². The molecule has 0 aliphatic rings. The first-order valence-electron chi connectivity index (χ1n) is 6.07. The molecule has 0 aliphatic heterocycles. The number of benzene rings is 2. The van der Waals surface area contributed by atoms with E-state index in [0.29, 0.717) is 22.3 Å². The molecule has 0 saturated heterocycles. The van der Waals surface area contributed by atoms with E-state index in [1.54, 1.807) is 36.4 Å². The molecule has 0 aliphatic carbocycles. The number of hydrogen-bond acceptors (Lipinski definition) is 4. The third-order valence-electron chi connectivity index (χ3n) is 2.88. The number of nitrogens with zero attached hydrogens (tertiary/aromatic N) is 2. The SMILES string of the molecule is O=C(O)c1cccc(-c2noc(-c3ccc(Cl)cc3)n2)c1. The fourth-order valence-corrected chi connectivity index (χ4v) is 1.97. The van der Waals surface area contributed by atoms with E-state index in [-0.39, 0.29) is 5.56 Å². The zero-order valence-corrected chi connectivity index (χ0v) is 11.4. The maximum absolute atomic E-state index is 11.0. The van der Waals surface area contributed by atoms with Gasteiger partial charge in [-0.25, -0.2) is 4.79 Å². The first-order valence-corrected chi connectivity index (χ1v) is 6.44. The molecule has 1 heterocycles. The van der Waals surface area contributed by atoms with E-state index in [1.807, 2.05) is 0 Å². The summed E-state index contributed by atoms with van der Waals surface area (Å²) in [4.78, 5) is 15.2. The van der Waals surface area contributed by atoms with Gasteiger partial charge in [0.25, 0.3) is 5.89 Å². The minimum absolute atomic E-state index is 0.172. The van der Waals surface area contributed by atoms with Crippen LogP contribution in [0.3, 0.4) is 0 Å². The fraction of sp³-hybridized carbons (Fsp3) is 0. The first kappa shape index (κ1) is 13.3. The van der Waals surface area contributed by atoms with Gasteiger partial charge in [0.1, 0.15) is 0 Å². The average molecular weight is 301 g/mol. The van der Waals surface area contributed by atoms with Gasteiger partial charge in [0.05, 0.1) is 5.56 Å². The quantitative estimate of drug-likeness (QED) is 0.797. The predicted molar refractivity (Wildman–Crippen MR) is 77.1 cm³/mol. The third-order valence-corrected chi connectivity index (χ3v) is 3.14. The lowest BCUT2D eigenvalue weighted by molar-refractivity contribution is 0.0697. The molecule has 0 amide bonds. The summed E-state index contributed by atoms with van der Waals surface area (Å²) in [7, 11) is 0. The summed E-state index contributed by atoms with van der Waals surface area (Å²) in [6, 6.07) is 13.4. The zero-order valence-electron chi connectivity index (χ0n) is 10.7. The Bertz CT molecular complexity index is 797. The summed E-state index contributed by atoms with van der Waals surface area (Å²) < 4.78 is 5.19. The lowest BCUT2D eigenvalue weighted by Crippen LogP contribution is -1.96. The van der Waals surface area contributed by atoms with Crippen molar-refractivity contribution >= 4 is 17.6 Å². The standard InChI is InChI=1S/C15H9ClN2O3/c16-12-6-4-9(5-7-12)14-17-13(18-21-14)10-2-1-3-11(8-10)15(19)20/h1-8H,(H,19,20). The van der Waals surface area contributed by atoms with Crippen molar-refractivity contribution in [2.75, 3.05) is 0 Å². The summed E-state index contributed by atoms with van der Waals surface area (Å²) in [5.41, 5.74) is 1.50. The van der Waals surface area contributed by atoms with Gasteiger partial charge < -0.3 is 9.63 Å². The van der Waals surface area contributed by atoms with Gasteiger partial charge in [0, 0.05) is 16.1 Å². The summed E-state index contributed by atoms with van der Waals surface area (Å²) >= 11 is 5.83. The molecule has 2 aromatic carbocycles. The number of rotatable bonds is 3. The second-order valence-corrected chi connectivity index (χ2v) is 4.75. The molecule has 0 fully saturated rings. The zero-order chi connectivity index (χ0) is 14.8. The van der Waals surface area contributed by atoms with Crippen molar-refractivity contribution < 1.29 is 14.4 Å². The van der Waals surface area contributed by atoms with Crippen molar-refractivity contribution in [1.29, 1.82) is 0 Å². The average Bonchev–Trinajstić information content (AvgIpc) is 2.98. The van der Waals surface area contributed by atoms with Crippen LogP contribution >= 0.6 is 11.6 Å². The Labute approximate surface area is 124 Å². The molecule has 5 nitrogen and oxygen atoms in total. The number of carboxylic acids is 1. The smallest absolute Gasteiger partial charge is 0.335 e. The monoisotopic (exact) mass is 300 g/mol. The van der Waals surface area contributed by atoms with Crippen LogP contribution in [0.25, 0.3) is 22.8 Å². The molecule has 0 atom stereocenters. The molecule has 0 saturated carbocycles. The van der Waals surface area contributed by atoms with Gasteiger partial charge in [-0.3, -0.25) is 0 Å². The van der Waals surface area contributed by atoms with E-state index in [1.165, 1.54) is 12.1 Å². The molecule has 3 aromatic rings. The van der Waals surface area contributed by atoms with Gasteiger partial charge in [0.15, 0.2) is 0 Å². The van der Waals surface area contributed by atoms with Crippen LogP contribution in [-0.4, -0.2) is 21.2 Å². The lowest BCUT2D eigenvalue weighted by Gasteiger charge is -1.97. The van der Waals surface area contributed by atoms with E-state index in [4.69, 9.17) is 21.2 Å². The van der Waals surface area contributed by atoms with Crippen molar-refractivity contribution in [1.82, 2.24) is 10.1 Å². The second-order valence-electron chi connectivity index (χ2n) is 4.32. The summed E-state index contributed by atoms with van der Waals surface area (Å²) in [5, 5.41) is 13.5. The molecular formula is C15H9ClN2O3. The number of halogens is 1. The molecule has 0 bridgehead atoms. The topological polar surface area (TPSA) is 76.2 Å². The summed E-state index contributed by atoms with van der Waals surface area (Å²) in [6.45, 7) is 0. The second kappa shape index (κ2) is 5.38. The number of hydrogen-bond donors (Lipinski definition) is 1. The van der Waals surface area contributed by atoms with Gasteiger partial charge in [-0.05, 0) is 36.4 Å². The highest BCUT2D eigenvalue weighted by atomic mass is 35.5. The highest BCUT2D eigenvalue weighted by Crippen LogP contribution is 2.24. The van der Waals surface area contributed by atoms with E-state index < -0.39 is 5.97 Å². The number of aromatic nitrogens is 2. The highest BCUT2D eigenvalue weighted by Gasteiger charge is 2.12. The van der Waals surface area contributed by atoms with E-state index >= 15 is 0 Å². The molecule has 104 valence electrons. The molecule has 0 radical (unpaired) electrons. The fourth-order valence-electron chi connectivity index (χ4n) is 1.84. The van der Waals surface area contributed by atoms with Crippen LogP contribution in [0.4, 0.5) is 0 Å². The van der Waals surface area contributed by atoms with Crippen LogP contribution in [0, 0.1) is 0 Å². The Morgan fingerprint density at radius 1 is 1.10 bits per heavy atom. The van der Waals surface area contributed by atoms with Crippen LogP contribution in [0.1, 0.15) is 10.4 Å². The summed E-state index contributed by atoms with van der Waals surface area (Å²) in [5.74, 6) is -0.316. The number of carbonyl (C=O) groups is 1. The third kappa shape index (κ3) is 2.78. The Kier molecular flexibility index (Phi) is 3.41. The van der Waals surface area contributed by atoms with Crippen molar-refractivity contribution in [3.63, 3.8) is 0 Å². The minimum Gasteiger partial charge on any atom is -0.478 e. The molecule has 3 rings (SSSR count). The Balaban J connectivity index is 1.96. The molecule has 21 heavy (non-hydrogen) atoms. The largest absolute Gasteiger partial charge is 0.478 e. The van der Waals surface area contributed by atoms with Gasteiger partial charge in [-0.1, -0.05) is 28.9 Å². The van der Waals surface area contributed by atoms with Crippen molar-refractivity contribution in [2.24, 2.45) is 0 Å². The van der Waals surface area contributed by atoms with Gasteiger partial charge in [-0.2, -0.15) is 4.98 Å². The Morgan fingerprint density at radius 2 is 1.86 bits per heavy atom. The maximum atomic E-state index is 11.0. The Hall–Kier alpha value is -2.66. The van der Waals surface area contributed by atoms with E-state index in [0.717, 1.165) is 5.56 Å². The first-order chi connectivity index (χ1) is 10.1. The molecule has 0 unspecified atom stereocenters. The van der Waals surface area contributed by atoms with Gasteiger partial charge >= 0.3 is 5.97 Å². The Morgan fingerprint density at radius 3 is 2.57 bits per heavy atom. The number of carboxylic acid groups (broad SMARTS) is 1. The van der Waals surface area contributed by atoms with Crippen molar-refractivity contribution in [2.45, 2.75) is 0 Å². The normalized spacial score (nSPS) is 10.5. The van der Waals surface area contributed by atoms with Crippen molar-refractivity contribution in [3.05, 3.63) is 59.1 Å². The minimum atomic E-state index is -1.00. The van der Waals surface area contributed by atoms with Crippen LogP contribution in [0.5, 0.6) is 0 Å². The highest BCUT2D eigenvalue weighted by molar-refractivity contribution is 6.30. The van der Waals surface area contributed by atoms with Crippen LogP contribution in [0.15, 0.2) is 53.1 Å². The molecule has 1 N–H and O–H groups in total. The number of aromatic carboxylic acids is 1.